The van der Waals surface area contributed by atoms with Gasteiger partial charge >= 0.3 is 42.0 Å². The second kappa shape index (κ2) is 31.8. The maximum absolute atomic E-state index is 12.9. The number of hydrogen-bond acceptors (Lipinski definition) is 17. The fourth-order valence-electron chi connectivity index (χ4n) is 9.83. The summed E-state index contributed by atoms with van der Waals surface area (Å²) in [4.78, 5) is 72.9. The van der Waals surface area contributed by atoms with Crippen LogP contribution in [0.4, 0.5) is 13.2 Å². The van der Waals surface area contributed by atoms with Crippen molar-refractivity contribution in [2.24, 2.45) is 27.6 Å². The Morgan fingerprint density at radius 2 is 1.16 bits per heavy atom. The fourth-order valence-corrected chi connectivity index (χ4v) is 14.1. The lowest BCUT2D eigenvalue weighted by atomic mass is 9.87. The van der Waals surface area contributed by atoms with Crippen molar-refractivity contribution < 1.29 is 93.2 Å². The normalized spacial score (nSPS) is 19.0. The summed E-state index contributed by atoms with van der Waals surface area (Å²) in [5.74, 6) is -4.62. The molecule has 1 N–H and O–H groups in total. The molecule has 95 heavy (non-hydrogen) atoms. The molecule has 1 aromatic heterocycles. The van der Waals surface area contributed by atoms with Gasteiger partial charge in [-0.25, -0.2) is 13.2 Å². The second-order valence-electron chi connectivity index (χ2n) is 26.6. The van der Waals surface area contributed by atoms with E-state index in [-0.39, 0.29) is 83.9 Å². The molecule has 4 aliphatic rings. The Kier molecular flexibility index (Phi) is 26.0. The third-order valence-electron chi connectivity index (χ3n) is 17.7. The van der Waals surface area contributed by atoms with Crippen LogP contribution in [0.3, 0.4) is 0 Å². The molecule has 0 radical (unpaired) electrons. The molecule has 0 amide bonds. The van der Waals surface area contributed by atoms with Gasteiger partial charge in [-0.3, -0.25) is 24.0 Å². The minimum Gasteiger partial charge on any atom is -0.748 e. The maximum atomic E-state index is 12.9. The molecule has 4 heterocycles. The first-order chi connectivity index (χ1) is 44.2. The highest BCUT2D eigenvalue weighted by Gasteiger charge is 2.65. The number of hydrogen-bond donors (Lipinski definition) is 1. The first kappa shape index (κ1) is 77.6. The number of carbonyl (C=O) groups is 6. The zero-order valence-corrected chi connectivity index (χ0v) is 60.5. The molecule has 17 nitrogen and oxygen atoms in total. The summed E-state index contributed by atoms with van der Waals surface area (Å²) < 4.78 is 111. The molecule has 1 saturated carbocycles. The van der Waals surface area contributed by atoms with E-state index in [1.807, 2.05) is 62.3 Å². The number of esters is 6. The molecular formula is C71H85Br2F3O17S2. The highest BCUT2D eigenvalue weighted by atomic mass is 79.9. The first-order valence-electron chi connectivity index (χ1n) is 31.4. The quantitative estimate of drug-likeness (QED) is 0.0293. The van der Waals surface area contributed by atoms with E-state index in [9.17, 15) is 54.9 Å². The van der Waals surface area contributed by atoms with Crippen LogP contribution in [0.15, 0.2) is 124 Å². The molecule has 6 atom stereocenters. The van der Waals surface area contributed by atoms with Crippen molar-refractivity contribution in [3.63, 3.8) is 0 Å². The van der Waals surface area contributed by atoms with E-state index in [4.69, 9.17) is 33.5 Å². The Morgan fingerprint density at radius 3 is 1.66 bits per heavy atom. The van der Waals surface area contributed by atoms with Gasteiger partial charge in [0, 0.05) is 25.7 Å². The summed E-state index contributed by atoms with van der Waals surface area (Å²) in [5, 5.41) is 11.8. The summed E-state index contributed by atoms with van der Waals surface area (Å²) in [6, 6.07) is 36.7. The van der Waals surface area contributed by atoms with Crippen molar-refractivity contribution in [2.45, 2.75) is 190 Å². The fraction of sp³-hybridized carbons (Fsp3) is 0.493. The topological polar surface area (TPSA) is 244 Å². The first-order valence-corrected chi connectivity index (χ1v) is 35.8. The lowest BCUT2D eigenvalue weighted by Crippen LogP contribution is -2.42. The number of thiophene rings is 1. The second-order valence-corrected chi connectivity index (χ2v) is 31.7. The van der Waals surface area contributed by atoms with Gasteiger partial charge < -0.3 is 42.8 Å². The molecule has 5 aromatic carbocycles. The van der Waals surface area contributed by atoms with Crippen molar-refractivity contribution in [2.75, 3.05) is 5.75 Å². The van der Waals surface area contributed by atoms with Gasteiger partial charge in [0.2, 0.25) is 6.10 Å². The monoisotopic (exact) mass is 1490 g/mol. The van der Waals surface area contributed by atoms with Gasteiger partial charge in [-0.15, -0.1) is 0 Å². The number of phenols is 1. The summed E-state index contributed by atoms with van der Waals surface area (Å²) >= 11 is 6.08. The van der Waals surface area contributed by atoms with Gasteiger partial charge in [-0.2, -0.15) is 13.2 Å². The summed E-state index contributed by atoms with van der Waals surface area (Å²) in [6.45, 7) is 24.3. The minimum atomic E-state index is -5.33. The maximum Gasteiger partial charge on any atom is 0.426 e. The van der Waals surface area contributed by atoms with Crippen molar-refractivity contribution in [3.05, 3.63) is 130 Å². The van der Waals surface area contributed by atoms with Crippen LogP contribution in [0.1, 0.15) is 158 Å². The highest BCUT2D eigenvalue weighted by molar-refractivity contribution is 9.11. The molecule has 3 aliphatic heterocycles. The van der Waals surface area contributed by atoms with Crippen molar-refractivity contribution >= 4 is 108 Å². The van der Waals surface area contributed by atoms with Crippen LogP contribution >= 0.6 is 42.3 Å². The molecule has 24 heteroatoms. The van der Waals surface area contributed by atoms with E-state index in [0.29, 0.717) is 25.0 Å². The van der Waals surface area contributed by atoms with E-state index in [1.165, 1.54) is 56.1 Å². The highest BCUT2D eigenvalue weighted by Crippen LogP contribution is 2.50. The number of alkyl halides is 3. The van der Waals surface area contributed by atoms with Crippen LogP contribution in [0.5, 0.6) is 17.2 Å². The average Bonchev–Trinajstić information content (AvgIpc) is 1.58. The third kappa shape index (κ3) is 20.1. The summed E-state index contributed by atoms with van der Waals surface area (Å²) in [5.41, 5.74) is -2.82. The molecule has 2 bridgehead atoms. The number of benzene rings is 5. The zero-order valence-electron chi connectivity index (χ0n) is 55.7. The van der Waals surface area contributed by atoms with Crippen LogP contribution in [0.2, 0.25) is 0 Å². The van der Waals surface area contributed by atoms with Gasteiger partial charge in [0.15, 0.2) is 26.5 Å². The Morgan fingerprint density at radius 1 is 0.674 bits per heavy atom. The summed E-state index contributed by atoms with van der Waals surface area (Å²) in [7, 11) is -5.27. The Balaban J connectivity index is 0.000000193. The molecule has 6 aromatic rings. The van der Waals surface area contributed by atoms with Gasteiger partial charge in [0.1, 0.15) is 29.0 Å². The lowest BCUT2D eigenvalue weighted by molar-refractivity contribution is -0.197. The van der Waals surface area contributed by atoms with Crippen LogP contribution in [-0.4, -0.2) is 102 Å². The van der Waals surface area contributed by atoms with Crippen LogP contribution < -0.4 is 9.47 Å². The largest absolute Gasteiger partial charge is 0.748 e. The Hall–Kier alpha value is -6.44. The molecular weight excluding hydrogens is 1410 g/mol. The van der Waals surface area contributed by atoms with Crippen LogP contribution in [0.25, 0.3) is 25.1 Å². The third-order valence-corrected chi connectivity index (χ3v) is 22.0. The Bertz CT molecular complexity index is 3750. The number of ether oxygens (including phenoxy) is 7. The van der Waals surface area contributed by atoms with E-state index in [0.717, 1.165) is 31.7 Å². The average molecular weight is 1490 g/mol. The number of fused-ring (bicyclic) bond motifs is 4. The molecule has 10 rings (SSSR count). The molecule has 3 saturated heterocycles. The van der Waals surface area contributed by atoms with E-state index < -0.39 is 74.1 Å². The summed E-state index contributed by atoms with van der Waals surface area (Å²) in [6.07, 6.45) is -1.87. The number of aromatic hydroxyl groups is 1. The molecule has 1 aliphatic carbocycles. The zero-order chi connectivity index (χ0) is 70.8. The molecule has 518 valence electrons. The number of phenolic OH excluding ortho intramolecular Hbond substituents is 1. The standard InChI is InChI=1S/C18H13S.C16H17Br2F3O7S.C13H18O5.C12H16O3.C12H22O2/c1-2-8-14(9-3-1)19-17-12-6-4-10-15(17)16-11-5-7-13-18(16)19;1-4-15(2,3)14(23)27-11-5-8(9(17)6-10(11)18)13(22)28-12(16(19,20)21)7-29(24,25)26;1-4-13(2,3)12(15)18-9-7-5-6-8(16-7)10(9)17-11(6)14;1-4-12(2,3)11(14)15-10-7-5-9(13)6-8-10;1-5-11(2,3)10(13)14-12(4)8-6-7-9-12/h1-13H;5-6,12H,4,7H2,1-3H3,(H,24,25,26);6-10H,4-5H2,1-3H3;5-8,13H,4H2,1-3H3;5-9H2,1-4H3/q+1;;;;/p-1. The van der Waals surface area contributed by atoms with Crippen LogP contribution in [-0.2, 0) is 57.8 Å². The number of carbonyl (C=O) groups excluding carboxylic acids is 6. The SMILES string of the molecule is CCC(C)(C)C(=O)OC1(C)CCCC1.CCC(C)(C)C(=O)OC1C2CC3C(=O)OC1C3O2.CCC(C)(C)C(=O)Oc1cc(C(=O)OC(CS(=O)(=O)[O-])C(F)(F)F)c(Br)cc1Br.CCC(C)(C)C(=O)Oc1ccc(O)cc1.c1ccc(-[s+]2c3ccccc3c3ccccc32)cc1. The van der Waals surface area contributed by atoms with Gasteiger partial charge in [-0.05, 0) is 225 Å². The number of rotatable bonds is 17. The van der Waals surface area contributed by atoms with Crippen LogP contribution in [0, 0.1) is 27.6 Å². The van der Waals surface area contributed by atoms with E-state index in [1.54, 1.807) is 32.9 Å². The van der Waals surface area contributed by atoms with Gasteiger partial charge in [0.05, 0.1) is 59.6 Å². The van der Waals surface area contributed by atoms with Crippen molar-refractivity contribution in [1.82, 2.24) is 0 Å². The van der Waals surface area contributed by atoms with E-state index in [2.05, 4.69) is 122 Å². The van der Waals surface area contributed by atoms with E-state index >= 15 is 0 Å². The van der Waals surface area contributed by atoms with Crippen molar-refractivity contribution in [1.29, 1.82) is 0 Å². The lowest BCUT2D eigenvalue weighted by Gasteiger charge is -2.29. The minimum absolute atomic E-state index is 0.0187. The smallest absolute Gasteiger partial charge is 0.426 e. The Labute approximate surface area is 573 Å². The predicted molar refractivity (Wildman–Crippen MR) is 362 cm³/mol. The molecule has 0 spiro atoms. The van der Waals surface area contributed by atoms with Gasteiger partial charge in [0.25, 0.3) is 0 Å². The van der Waals surface area contributed by atoms with Crippen molar-refractivity contribution in [3.8, 4) is 22.1 Å². The molecule has 6 unspecified atom stereocenters. The van der Waals surface area contributed by atoms with Gasteiger partial charge in [-0.1, -0.05) is 70.2 Å². The predicted octanol–water partition coefficient (Wildman–Crippen LogP) is 17.0. The number of halogens is 5. The molecule has 4 fully saturated rings.